The van der Waals surface area contributed by atoms with Crippen molar-refractivity contribution in [3.63, 3.8) is 0 Å². The number of aromatic nitrogens is 1. The van der Waals surface area contributed by atoms with Gasteiger partial charge in [0.2, 0.25) is 0 Å². The van der Waals surface area contributed by atoms with Gasteiger partial charge in [0, 0.05) is 23.0 Å². The summed E-state index contributed by atoms with van der Waals surface area (Å²) in [6.07, 6.45) is 1.72. The maximum Gasteiger partial charge on any atom is 0.251 e. The Morgan fingerprint density at radius 3 is 2.71 bits per heavy atom. The first-order valence-electron chi connectivity index (χ1n) is 5.11. The van der Waals surface area contributed by atoms with Gasteiger partial charge in [0.25, 0.3) is 5.91 Å². The lowest BCUT2D eigenvalue weighted by Gasteiger charge is -2.03. The van der Waals surface area contributed by atoms with Crippen molar-refractivity contribution in [1.82, 2.24) is 10.3 Å². The van der Waals surface area contributed by atoms with Gasteiger partial charge >= 0.3 is 0 Å². The van der Waals surface area contributed by atoms with E-state index in [4.69, 9.17) is 11.6 Å². The number of carbonyl (C=O) groups excluding carboxylic acids is 1. The van der Waals surface area contributed by atoms with Crippen molar-refractivity contribution in [3.05, 3.63) is 52.0 Å². The molecule has 0 aliphatic heterocycles. The van der Waals surface area contributed by atoms with E-state index in [0.29, 0.717) is 18.0 Å². The standard InChI is InChI=1S/C12H11ClN2OS/c13-7-9-1-3-10(4-2-9)12(16)15-8-11-14-5-6-17-11/h1-6H,7-8H2,(H,15,16). The Morgan fingerprint density at radius 1 is 1.35 bits per heavy atom. The first-order chi connectivity index (χ1) is 8.29. The number of rotatable bonds is 4. The zero-order chi connectivity index (χ0) is 12.1. The van der Waals surface area contributed by atoms with Crippen LogP contribution in [0, 0.1) is 0 Å². The van der Waals surface area contributed by atoms with Gasteiger partial charge in [-0.15, -0.1) is 22.9 Å². The highest BCUT2D eigenvalue weighted by Gasteiger charge is 2.05. The van der Waals surface area contributed by atoms with Crippen LogP contribution in [0.25, 0.3) is 0 Å². The summed E-state index contributed by atoms with van der Waals surface area (Å²) in [6.45, 7) is 0.466. The highest BCUT2D eigenvalue weighted by molar-refractivity contribution is 7.09. The molecule has 2 aromatic rings. The number of thiazole rings is 1. The predicted octanol–water partition coefficient (Wildman–Crippen LogP) is 2.81. The Morgan fingerprint density at radius 2 is 2.12 bits per heavy atom. The van der Waals surface area contributed by atoms with Gasteiger partial charge in [0.15, 0.2) is 0 Å². The molecular weight excluding hydrogens is 256 g/mol. The molecule has 3 nitrogen and oxygen atoms in total. The number of nitrogens with zero attached hydrogens (tertiary/aromatic N) is 1. The minimum atomic E-state index is -0.0960. The van der Waals surface area contributed by atoms with Gasteiger partial charge in [0.1, 0.15) is 5.01 Å². The van der Waals surface area contributed by atoms with E-state index in [9.17, 15) is 4.79 Å². The number of alkyl halides is 1. The van der Waals surface area contributed by atoms with Crippen LogP contribution >= 0.6 is 22.9 Å². The third-order valence-electron chi connectivity index (χ3n) is 2.25. The summed E-state index contributed by atoms with van der Waals surface area (Å²) in [5, 5.41) is 5.60. The topological polar surface area (TPSA) is 42.0 Å². The number of hydrogen-bond donors (Lipinski definition) is 1. The maximum absolute atomic E-state index is 11.8. The lowest BCUT2D eigenvalue weighted by molar-refractivity contribution is 0.0951. The van der Waals surface area contributed by atoms with Crippen LogP contribution in [-0.2, 0) is 12.4 Å². The Bertz CT molecular complexity index is 482. The Hall–Kier alpha value is -1.39. The fourth-order valence-electron chi connectivity index (χ4n) is 1.34. The Balaban J connectivity index is 1.95. The van der Waals surface area contributed by atoms with Gasteiger partial charge in [-0.2, -0.15) is 0 Å². The second-order valence-corrected chi connectivity index (χ2v) is 4.69. The summed E-state index contributed by atoms with van der Waals surface area (Å²) < 4.78 is 0. The van der Waals surface area contributed by atoms with E-state index in [1.54, 1.807) is 18.3 Å². The zero-order valence-corrected chi connectivity index (χ0v) is 10.6. The molecule has 0 atom stereocenters. The molecule has 0 radical (unpaired) electrons. The molecule has 0 aliphatic carbocycles. The van der Waals surface area contributed by atoms with Crippen molar-refractivity contribution in [3.8, 4) is 0 Å². The molecule has 2 rings (SSSR count). The maximum atomic E-state index is 11.8. The minimum Gasteiger partial charge on any atom is -0.346 e. The van der Waals surface area contributed by atoms with E-state index >= 15 is 0 Å². The van der Waals surface area contributed by atoms with Crippen molar-refractivity contribution in [2.45, 2.75) is 12.4 Å². The highest BCUT2D eigenvalue weighted by Crippen LogP contribution is 2.08. The summed E-state index contributed by atoms with van der Waals surface area (Å²) in [5.74, 6) is 0.363. The summed E-state index contributed by atoms with van der Waals surface area (Å²) in [7, 11) is 0. The van der Waals surface area contributed by atoms with E-state index in [1.807, 2.05) is 17.5 Å². The van der Waals surface area contributed by atoms with Gasteiger partial charge in [-0.25, -0.2) is 4.98 Å². The molecule has 0 bridgehead atoms. The van der Waals surface area contributed by atoms with E-state index in [2.05, 4.69) is 10.3 Å². The van der Waals surface area contributed by atoms with Crippen LogP contribution < -0.4 is 5.32 Å². The second kappa shape index (κ2) is 5.80. The molecule has 17 heavy (non-hydrogen) atoms. The van der Waals surface area contributed by atoms with E-state index in [1.165, 1.54) is 11.3 Å². The quantitative estimate of drug-likeness (QED) is 0.865. The van der Waals surface area contributed by atoms with Gasteiger partial charge in [-0.05, 0) is 17.7 Å². The molecule has 0 fully saturated rings. The van der Waals surface area contributed by atoms with Crippen LogP contribution in [0.5, 0.6) is 0 Å². The monoisotopic (exact) mass is 266 g/mol. The zero-order valence-electron chi connectivity index (χ0n) is 9.02. The molecule has 1 aromatic heterocycles. The largest absolute Gasteiger partial charge is 0.346 e. The molecule has 0 spiro atoms. The van der Waals surface area contributed by atoms with Gasteiger partial charge < -0.3 is 5.32 Å². The Labute approximate surface area is 108 Å². The first kappa shape index (κ1) is 12.1. The predicted molar refractivity (Wildman–Crippen MR) is 69.3 cm³/mol. The molecular formula is C12H11ClN2OS. The van der Waals surface area contributed by atoms with Crippen molar-refractivity contribution >= 4 is 28.8 Å². The van der Waals surface area contributed by atoms with E-state index in [-0.39, 0.29) is 5.91 Å². The molecule has 0 saturated heterocycles. The van der Waals surface area contributed by atoms with Crippen molar-refractivity contribution < 1.29 is 4.79 Å². The van der Waals surface area contributed by atoms with E-state index in [0.717, 1.165) is 10.6 Å². The molecule has 1 amide bonds. The number of hydrogen-bond acceptors (Lipinski definition) is 3. The van der Waals surface area contributed by atoms with Gasteiger partial charge in [0.05, 0.1) is 6.54 Å². The number of nitrogens with one attached hydrogen (secondary N) is 1. The van der Waals surface area contributed by atoms with Crippen LogP contribution in [0.3, 0.4) is 0 Å². The Kier molecular flexibility index (Phi) is 4.12. The minimum absolute atomic E-state index is 0.0960. The smallest absolute Gasteiger partial charge is 0.251 e. The highest BCUT2D eigenvalue weighted by atomic mass is 35.5. The lowest BCUT2D eigenvalue weighted by Crippen LogP contribution is -2.22. The van der Waals surface area contributed by atoms with Crippen molar-refractivity contribution in [2.24, 2.45) is 0 Å². The molecule has 0 unspecified atom stereocenters. The summed E-state index contributed by atoms with van der Waals surface area (Å²) >= 11 is 7.20. The number of carbonyl (C=O) groups is 1. The van der Waals surface area contributed by atoms with Crippen LogP contribution in [0.4, 0.5) is 0 Å². The van der Waals surface area contributed by atoms with Crippen LogP contribution in [-0.4, -0.2) is 10.9 Å². The van der Waals surface area contributed by atoms with Gasteiger partial charge in [-0.1, -0.05) is 12.1 Å². The lowest BCUT2D eigenvalue weighted by atomic mass is 10.1. The van der Waals surface area contributed by atoms with Crippen LogP contribution in [0.15, 0.2) is 35.8 Å². The van der Waals surface area contributed by atoms with Crippen molar-refractivity contribution in [2.75, 3.05) is 0 Å². The van der Waals surface area contributed by atoms with Gasteiger partial charge in [-0.3, -0.25) is 4.79 Å². The first-order valence-corrected chi connectivity index (χ1v) is 6.52. The number of amides is 1. The number of benzene rings is 1. The summed E-state index contributed by atoms with van der Waals surface area (Å²) in [5.41, 5.74) is 1.64. The molecule has 0 aliphatic rings. The molecule has 88 valence electrons. The molecule has 1 heterocycles. The number of halogens is 1. The van der Waals surface area contributed by atoms with E-state index < -0.39 is 0 Å². The third kappa shape index (κ3) is 3.28. The molecule has 1 aromatic carbocycles. The average Bonchev–Trinajstić information content (AvgIpc) is 2.89. The molecule has 1 N–H and O–H groups in total. The van der Waals surface area contributed by atoms with Crippen LogP contribution in [0.2, 0.25) is 0 Å². The average molecular weight is 267 g/mol. The van der Waals surface area contributed by atoms with Crippen molar-refractivity contribution in [1.29, 1.82) is 0 Å². The fourth-order valence-corrected chi connectivity index (χ4v) is 2.08. The summed E-state index contributed by atoms with van der Waals surface area (Å²) in [6, 6.07) is 7.25. The normalized spacial score (nSPS) is 10.2. The SMILES string of the molecule is O=C(NCc1nccs1)c1ccc(CCl)cc1. The third-order valence-corrected chi connectivity index (χ3v) is 3.34. The summed E-state index contributed by atoms with van der Waals surface area (Å²) in [4.78, 5) is 15.9. The fraction of sp³-hybridized carbons (Fsp3) is 0.167. The van der Waals surface area contributed by atoms with Crippen LogP contribution in [0.1, 0.15) is 20.9 Å². The molecule has 0 saturated carbocycles. The second-order valence-electron chi connectivity index (χ2n) is 3.44. The molecule has 5 heteroatoms.